The number of nitrogens with zero attached hydrogens (tertiary/aromatic N) is 2. The number of thioether (sulfide) groups is 1. The summed E-state index contributed by atoms with van der Waals surface area (Å²) in [6.45, 7) is 3.47. The summed E-state index contributed by atoms with van der Waals surface area (Å²) in [7, 11) is -4.13. The highest BCUT2D eigenvalue weighted by Crippen LogP contribution is 2.25. The first-order valence-electron chi connectivity index (χ1n) is 14.6. The third-order valence-electron chi connectivity index (χ3n) is 7.22. The quantitative estimate of drug-likeness (QED) is 0.0958. The molecule has 0 aliphatic rings. The highest BCUT2D eigenvalue weighted by Gasteiger charge is 2.32. The van der Waals surface area contributed by atoms with E-state index in [1.807, 2.05) is 86.6 Å². The van der Waals surface area contributed by atoms with E-state index in [9.17, 15) is 28.4 Å². The molecule has 0 fully saturated rings. The largest absolute Gasteiger partial charge is 0.390 e. The summed E-state index contributed by atoms with van der Waals surface area (Å²) in [5, 5.41) is 27.6. The minimum atomic E-state index is -4.13. The van der Waals surface area contributed by atoms with Crippen LogP contribution in [0.1, 0.15) is 19.4 Å². The molecule has 0 unspecified atom stereocenters. The number of nitrogens with one attached hydrogen (secondary N) is 1. The van der Waals surface area contributed by atoms with E-state index in [1.54, 1.807) is 0 Å². The molecule has 0 aliphatic carbocycles. The second-order valence-corrected chi connectivity index (χ2v) is 14.3. The number of fused-ring (bicyclic) bond motifs is 1. The van der Waals surface area contributed by atoms with Crippen LogP contribution >= 0.6 is 11.8 Å². The number of hydrogen-bond acceptors (Lipinski definition) is 8. The molecule has 0 spiro atoms. The topological polar surface area (TPSA) is 156 Å². The van der Waals surface area contributed by atoms with Crippen LogP contribution in [0.25, 0.3) is 10.8 Å². The number of rotatable bonds is 15. The van der Waals surface area contributed by atoms with E-state index in [0.717, 1.165) is 37.7 Å². The van der Waals surface area contributed by atoms with Crippen molar-refractivity contribution in [3.05, 3.63) is 113 Å². The zero-order valence-electron chi connectivity index (χ0n) is 25.2. The summed E-state index contributed by atoms with van der Waals surface area (Å²) in [4.78, 5) is 24.6. The number of sulfonamides is 1. The summed E-state index contributed by atoms with van der Waals surface area (Å²) in [6, 6.07) is 26.2. The van der Waals surface area contributed by atoms with E-state index in [2.05, 4.69) is 5.32 Å². The molecule has 0 saturated carbocycles. The van der Waals surface area contributed by atoms with Gasteiger partial charge in [-0.1, -0.05) is 74.5 Å². The van der Waals surface area contributed by atoms with Gasteiger partial charge in [0.1, 0.15) is 0 Å². The Hall–Kier alpha value is -3.81. The van der Waals surface area contributed by atoms with Crippen molar-refractivity contribution in [3.8, 4) is 0 Å². The average Bonchev–Trinajstić information content (AvgIpc) is 3.03. The lowest BCUT2D eigenvalue weighted by Crippen LogP contribution is -2.54. The van der Waals surface area contributed by atoms with Gasteiger partial charge in [-0.2, -0.15) is 4.31 Å². The fraction of sp³-hybridized carbons (Fsp3) is 0.303. The first kappa shape index (κ1) is 34.1. The van der Waals surface area contributed by atoms with Gasteiger partial charge in [-0.25, -0.2) is 8.42 Å². The lowest BCUT2D eigenvalue weighted by molar-refractivity contribution is -0.384. The Balaban J connectivity index is 1.50. The molecule has 0 bridgehead atoms. The van der Waals surface area contributed by atoms with Crippen LogP contribution in [0.4, 0.5) is 5.69 Å². The molecule has 3 atom stereocenters. The first-order valence-corrected chi connectivity index (χ1v) is 17.0. The number of amides is 1. The van der Waals surface area contributed by atoms with Crippen LogP contribution in [0.3, 0.4) is 0 Å². The van der Waals surface area contributed by atoms with Crippen molar-refractivity contribution >= 4 is 44.2 Å². The molecule has 0 aliphatic heterocycles. The summed E-state index contributed by atoms with van der Waals surface area (Å²) >= 11 is 1.45. The standard InChI is InChI=1S/C33H38N4O6S2/c1-23(2)20-36(45(42,43)29-16-13-27(14-17-29)37(40)41)21-32(38)31(18-24-8-4-3-5-9-24)35-33(39)30(34)22-44-28-15-12-25-10-6-7-11-26(25)19-28/h3-17,19,23,30-32,38H,18,20-22,34H2,1-2H3,(H,35,39)/t30-,31+,32-/m1/s1. The zero-order chi connectivity index (χ0) is 32.6. The van der Waals surface area contributed by atoms with E-state index >= 15 is 0 Å². The van der Waals surface area contributed by atoms with Crippen LogP contribution in [0.2, 0.25) is 0 Å². The molecular weight excluding hydrogens is 613 g/mol. The summed E-state index contributed by atoms with van der Waals surface area (Å²) in [6.07, 6.45) is -1.05. The number of benzene rings is 4. The molecule has 238 valence electrons. The molecule has 4 N–H and O–H groups in total. The molecule has 45 heavy (non-hydrogen) atoms. The molecule has 4 aromatic carbocycles. The van der Waals surface area contributed by atoms with Crippen molar-refractivity contribution in [2.75, 3.05) is 18.8 Å². The molecule has 0 heterocycles. The summed E-state index contributed by atoms with van der Waals surface area (Å²) in [5.41, 5.74) is 6.91. The van der Waals surface area contributed by atoms with E-state index in [0.29, 0.717) is 5.75 Å². The number of aliphatic hydroxyl groups excluding tert-OH is 1. The van der Waals surface area contributed by atoms with Gasteiger partial charge in [0.15, 0.2) is 0 Å². The molecular formula is C33H38N4O6S2. The predicted octanol–water partition coefficient (Wildman–Crippen LogP) is 4.60. The summed E-state index contributed by atoms with van der Waals surface area (Å²) in [5.74, 6) is -0.253. The van der Waals surface area contributed by atoms with Crippen molar-refractivity contribution < 1.29 is 23.2 Å². The van der Waals surface area contributed by atoms with Crippen LogP contribution in [0.5, 0.6) is 0 Å². The SMILES string of the molecule is CC(C)CN(C[C@@H](O)[C@H](Cc1ccccc1)NC(=O)[C@H](N)CSc1ccc2ccccc2c1)S(=O)(=O)c1ccc([N+](=O)[O-])cc1. The van der Waals surface area contributed by atoms with Crippen LogP contribution in [0.15, 0.2) is 107 Å². The number of carbonyl (C=O) groups excluding carboxylic acids is 1. The molecule has 10 nitrogen and oxygen atoms in total. The first-order chi connectivity index (χ1) is 21.4. The van der Waals surface area contributed by atoms with Crippen molar-refractivity contribution in [2.24, 2.45) is 11.7 Å². The highest BCUT2D eigenvalue weighted by atomic mass is 32.2. The van der Waals surface area contributed by atoms with E-state index in [-0.39, 0.29) is 36.0 Å². The fourth-order valence-electron chi connectivity index (χ4n) is 4.86. The summed E-state index contributed by atoms with van der Waals surface area (Å²) < 4.78 is 28.4. The Bertz CT molecular complexity index is 1700. The maximum atomic E-state index is 13.6. The lowest BCUT2D eigenvalue weighted by Gasteiger charge is -2.31. The van der Waals surface area contributed by atoms with Gasteiger partial charge >= 0.3 is 0 Å². The normalized spacial score (nSPS) is 13.9. The number of carbonyl (C=O) groups is 1. The number of nitro benzene ring substituents is 1. The van der Waals surface area contributed by atoms with Crippen molar-refractivity contribution in [2.45, 2.75) is 48.2 Å². The minimum absolute atomic E-state index is 0.0876. The molecule has 1 amide bonds. The number of nitrogens with two attached hydrogens (primary N) is 1. The van der Waals surface area contributed by atoms with Gasteiger partial charge in [-0.15, -0.1) is 11.8 Å². The van der Waals surface area contributed by atoms with Gasteiger partial charge < -0.3 is 16.2 Å². The Morgan fingerprint density at radius 1 is 0.956 bits per heavy atom. The zero-order valence-corrected chi connectivity index (χ0v) is 26.8. The van der Waals surface area contributed by atoms with Crippen LogP contribution < -0.4 is 11.1 Å². The van der Waals surface area contributed by atoms with Gasteiger partial charge in [0.05, 0.1) is 28.0 Å². The number of nitro groups is 1. The molecule has 4 rings (SSSR count). The van der Waals surface area contributed by atoms with Crippen molar-refractivity contribution in [1.29, 1.82) is 0 Å². The van der Waals surface area contributed by atoms with E-state index < -0.39 is 39.0 Å². The fourth-order valence-corrected chi connectivity index (χ4v) is 7.38. The monoisotopic (exact) mass is 650 g/mol. The van der Waals surface area contributed by atoms with E-state index in [1.165, 1.54) is 23.9 Å². The number of hydrogen-bond donors (Lipinski definition) is 3. The maximum Gasteiger partial charge on any atom is 0.269 e. The van der Waals surface area contributed by atoms with Gasteiger partial charge in [-0.3, -0.25) is 14.9 Å². The molecule has 0 aromatic heterocycles. The number of aliphatic hydroxyl groups is 1. The predicted molar refractivity (Wildman–Crippen MR) is 177 cm³/mol. The Labute approximate surface area is 267 Å². The maximum absolute atomic E-state index is 13.6. The Morgan fingerprint density at radius 3 is 2.24 bits per heavy atom. The number of non-ortho nitro benzene ring substituents is 1. The van der Waals surface area contributed by atoms with E-state index in [4.69, 9.17) is 5.73 Å². The third kappa shape index (κ3) is 9.35. The third-order valence-corrected chi connectivity index (χ3v) is 10.2. The van der Waals surface area contributed by atoms with Gasteiger partial charge in [0.2, 0.25) is 15.9 Å². The molecule has 0 radical (unpaired) electrons. The van der Waals surface area contributed by atoms with Gasteiger partial charge in [-0.05, 0) is 52.9 Å². The second-order valence-electron chi connectivity index (χ2n) is 11.3. The van der Waals surface area contributed by atoms with Gasteiger partial charge in [0, 0.05) is 35.9 Å². The minimum Gasteiger partial charge on any atom is -0.390 e. The van der Waals surface area contributed by atoms with Crippen molar-refractivity contribution in [3.63, 3.8) is 0 Å². The Kier molecular flexibility index (Phi) is 11.7. The van der Waals surface area contributed by atoms with Crippen LogP contribution in [-0.2, 0) is 21.2 Å². The van der Waals surface area contributed by atoms with Crippen LogP contribution in [0, 0.1) is 16.0 Å². The smallest absolute Gasteiger partial charge is 0.269 e. The molecule has 12 heteroatoms. The van der Waals surface area contributed by atoms with Gasteiger partial charge in [0.25, 0.3) is 5.69 Å². The van der Waals surface area contributed by atoms with Crippen molar-refractivity contribution in [1.82, 2.24) is 9.62 Å². The Morgan fingerprint density at radius 2 is 1.60 bits per heavy atom. The lowest BCUT2D eigenvalue weighted by atomic mass is 10.0. The highest BCUT2D eigenvalue weighted by molar-refractivity contribution is 7.99. The molecule has 4 aromatic rings. The molecule has 0 saturated heterocycles. The average molecular weight is 651 g/mol. The van der Waals surface area contributed by atoms with Crippen LogP contribution in [-0.4, -0.2) is 65.7 Å². The second kappa shape index (κ2) is 15.5.